The molecule has 0 saturated heterocycles. The van der Waals surface area contributed by atoms with Gasteiger partial charge in [0.15, 0.2) is 0 Å². The molecule has 1 aromatic heterocycles. The summed E-state index contributed by atoms with van der Waals surface area (Å²) >= 11 is 0. The van der Waals surface area contributed by atoms with Gasteiger partial charge in [-0.05, 0) is 29.9 Å². The van der Waals surface area contributed by atoms with Crippen LogP contribution in [0.4, 0.5) is 0 Å². The molecule has 0 aliphatic heterocycles. The zero-order valence-electron chi connectivity index (χ0n) is 24.2. The molecule has 2 atom stereocenters. The molecule has 1 heterocycles. The van der Waals surface area contributed by atoms with E-state index in [2.05, 4.69) is 99.1 Å². The molecule has 0 fully saturated rings. The molecule has 2 heteroatoms. The Bertz CT molecular complexity index is 975. The molecule has 3 aromatic rings. The van der Waals surface area contributed by atoms with Crippen molar-refractivity contribution in [3.05, 3.63) is 90.0 Å². The summed E-state index contributed by atoms with van der Waals surface area (Å²) < 4.78 is 2.46. The molecule has 202 valence electrons. The molecule has 0 saturated carbocycles. The van der Waals surface area contributed by atoms with Crippen molar-refractivity contribution in [2.45, 2.75) is 123 Å². The number of nitrogens with zero attached hydrogens (tertiary/aromatic N) is 2. The van der Waals surface area contributed by atoms with E-state index < -0.39 is 0 Å². The first-order valence-electron chi connectivity index (χ1n) is 15.2. The Kier molecular flexibility index (Phi) is 12.5. The molecule has 0 radical (unpaired) electrons. The highest BCUT2D eigenvalue weighted by Gasteiger charge is 2.41. The topological polar surface area (TPSA) is 17.8 Å². The number of hydrogen-bond acceptors (Lipinski definition) is 1. The third kappa shape index (κ3) is 8.87. The lowest BCUT2D eigenvalue weighted by molar-refractivity contribution is 0.281. The lowest BCUT2D eigenvalue weighted by atomic mass is 9.64. The van der Waals surface area contributed by atoms with E-state index in [0.717, 1.165) is 13.0 Å². The van der Waals surface area contributed by atoms with Gasteiger partial charge in [-0.1, -0.05) is 153 Å². The summed E-state index contributed by atoms with van der Waals surface area (Å²) in [7, 11) is 0. The molecular formula is C35H52N2. The Morgan fingerprint density at radius 2 is 1.27 bits per heavy atom. The molecular weight excluding hydrogens is 448 g/mol. The van der Waals surface area contributed by atoms with Gasteiger partial charge in [-0.25, -0.2) is 4.98 Å². The van der Waals surface area contributed by atoms with Crippen LogP contribution in [0.2, 0.25) is 0 Å². The van der Waals surface area contributed by atoms with E-state index >= 15 is 0 Å². The second-order valence-corrected chi connectivity index (χ2v) is 11.7. The zero-order valence-corrected chi connectivity index (χ0v) is 24.2. The normalized spacial score (nSPS) is 14.1. The van der Waals surface area contributed by atoms with Crippen LogP contribution in [0.15, 0.2) is 73.1 Å². The molecule has 2 unspecified atom stereocenters. The van der Waals surface area contributed by atoms with Gasteiger partial charge < -0.3 is 4.57 Å². The van der Waals surface area contributed by atoms with E-state index in [1.165, 1.54) is 87.6 Å². The van der Waals surface area contributed by atoms with Crippen LogP contribution >= 0.6 is 0 Å². The average molecular weight is 501 g/mol. The summed E-state index contributed by atoms with van der Waals surface area (Å²) in [5.41, 5.74) is 2.75. The maximum Gasteiger partial charge on any atom is 0.112 e. The van der Waals surface area contributed by atoms with E-state index in [-0.39, 0.29) is 5.41 Å². The van der Waals surface area contributed by atoms with Crippen molar-refractivity contribution in [1.29, 1.82) is 0 Å². The third-order valence-electron chi connectivity index (χ3n) is 8.23. The molecule has 0 N–H and O–H groups in total. The Balaban J connectivity index is 1.64. The van der Waals surface area contributed by atoms with Crippen molar-refractivity contribution in [1.82, 2.24) is 9.55 Å². The fourth-order valence-electron chi connectivity index (χ4n) is 6.28. The predicted octanol–water partition coefficient (Wildman–Crippen LogP) is 10.1. The summed E-state index contributed by atoms with van der Waals surface area (Å²) in [5, 5.41) is 0. The van der Waals surface area contributed by atoms with Crippen molar-refractivity contribution >= 4 is 0 Å². The maximum atomic E-state index is 5.00. The van der Waals surface area contributed by atoms with Crippen LogP contribution in [-0.4, -0.2) is 9.55 Å². The molecule has 3 rings (SSSR count). The van der Waals surface area contributed by atoms with Crippen LogP contribution in [0.1, 0.15) is 121 Å². The van der Waals surface area contributed by atoms with Crippen LogP contribution in [0.3, 0.4) is 0 Å². The summed E-state index contributed by atoms with van der Waals surface area (Å²) in [6.45, 7) is 10.6. The van der Waals surface area contributed by atoms with Crippen molar-refractivity contribution in [2.75, 3.05) is 0 Å². The minimum absolute atomic E-state index is 0.0446. The van der Waals surface area contributed by atoms with Gasteiger partial charge in [-0.15, -0.1) is 0 Å². The van der Waals surface area contributed by atoms with Gasteiger partial charge in [0, 0.05) is 30.3 Å². The molecule has 0 bridgehead atoms. The third-order valence-corrected chi connectivity index (χ3v) is 8.23. The van der Waals surface area contributed by atoms with Gasteiger partial charge in [-0.3, -0.25) is 0 Å². The number of unbranched alkanes of at least 4 members (excludes halogenated alkanes) is 10. The standard InChI is InChI=1S/C35H52N2/c1-5-6-7-8-9-10-11-12-13-14-21-27-37-28-26-36-34(37)33(30(2)3)35(4,32-24-19-16-20-25-32)29-31-22-17-15-18-23-31/h15-20,22-26,28,30,33H,5-14,21,27,29H2,1-4H3. The Labute approximate surface area is 227 Å². The minimum atomic E-state index is -0.0446. The molecule has 0 aliphatic rings. The summed E-state index contributed by atoms with van der Waals surface area (Å²) in [6, 6.07) is 22.1. The summed E-state index contributed by atoms with van der Waals surface area (Å²) in [6.07, 6.45) is 20.4. The quantitative estimate of drug-likeness (QED) is 0.159. The number of hydrogen-bond donors (Lipinski definition) is 0. The van der Waals surface area contributed by atoms with E-state index in [0.29, 0.717) is 11.8 Å². The lowest BCUT2D eigenvalue weighted by Crippen LogP contribution is -2.37. The molecule has 0 amide bonds. The van der Waals surface area contributed by atoms with Gasteiger partial charge in [0.05, 0.1) is 0 Å². The second kappa shape index (κ2) is 15.8. The van der Waals surface area contributed by atoms with E-state index in [4.69, 9.17) is 4.98 Å². The van der Waals surface area contributed by atoms with Gasteiger partial charge in [-0.2, -0.15) is 0 Å². The SMILES string of the molecule is CCCCCCCCCCCCCn1ccnc1C(C(C)C)C(C)(Cc1ccccc1)c1ccccc1. The largest absolute Gasteiger partial charge is 0.335 e. The van der Waals surface area contributed by atoms with E-state index in [1.54, 1.807) is 0 Å². The van der Waals surface area contributed by atoms with Gasteiger partial charge >= 0.3 is 0 Å². The molecule has 0 spiro atoms. The second-order valence-electron chi connectivity index (χ2n) is 11.7. The highest BCUT2D eigenvalue weighted by molar-refractivity contribution is 5.33. The number of rotatable bonds is 18. The smallest absolute Gasteiger partial charge is 0.112 e. The van der Waals surface area contributed by atoms with Gasteiger partial charge in [0.1, 0.15) is 5.82 Å². The molecule has 2 nitrogen and oxygen atoms in total. The zero-order chi connectivity index (χ0) is 26.3. The number of aryl methyl sites for hydroxylation is 1. The highest BCUT2D eigenvalue weighted by Crippen LogP contribution is 2.45. The van der Waals surface area contributed by atoms with E-state index in [1.807, 2.05) is 6.20 Å². The van der Waals surface area contributed by atoms with E-state index in [9.17, 15) is 0 Å². The van der Waals surface area contributed by atoms with Crippen molar-refractivity contribution in [3.63, 3.8) is 0 Å². The Hall–Kier alpha value is -2.35. The summed E-state index contributed by atoms with van der Waals surface area (Å²) in [4.78, 5) is 5.00. The number of benzene rings is 2. The summed E-state index contributed by atoms with van der Waals surface area (Å²) in [5.74, 6) is 2.06. The number of imidazole rings is 1. The van der Waals surface area contributed by atoms with Crippen molar-refractivity contribution in [3.8, 4) is 0 Å². The average Bonchev–Trinajstić information content (AvgIpc) is 3.35. The molecule has 37 heavy (non-hydrogen) atoms. The van der Waals surface area contributed by atoms with Crippen molar-refractivity contribution in [2.24, 2.45) is 5.92 Å². The lowest BCUT2D eigenvalue weighted by Gasteiger charge is -2.41. The maximum absolute atomic E-state index is 5.00. The van der Waals surface area contributed by atoms with Gasteiger partial charge in [0.2, 0.25) is 0 Å². The fraction of sp³-hybridized carbons (Fsp3) is 0.571. The molecule has 2 aromatic carbocycles. The van der Waals surface area contributed by atoms with Crippen LogP contribution in [-0.2, 0) is 18.4 Å². The molecule has 0 aliphatic carbocycles. The van der Waals surface area contributed by atoms with Crippen LogP contribution in [0.5, 0.6) is 0 Å². The first-order chi connectivity index (χ1) is 18.1. The minimum Gasteiger partial charge on any atom is -0.335 e. The first kappa shape index (κ1) is 29.2. The monoisotopic (exact) mass is 500 g/mol. The number of aromatic nitrogens is 2. The van der Waals surface area contributed by atoms with Crippen LogP contribution < -0.4 is 0 Å². The van der Waals surface area contributed by atoms with Gasteiger partial charge in [0.25, 0.3) is 0 Å². The van der Waals surface area contributed by atoms with Crippen LogP contribution in [0, 0.1) is 5.92 Å². The fourth-order valence-corrected chi connectivity index (χ4v) is 6.28. The first-order valence-corrected chi connectivity index (χ1v) is 15.2. The Morgan fingerprint density at radius 1 is 0.730 bits per heavy atom. The van der Waals surface area contributed by atoms with Crippen LogP contribution in [0.25, 0.3) is 0 Å². The van der Waals surface area contributed by atoms with Crippen molar-refractivity contribution < 1.29 is 0 Å². The Morgan fingerprint density at radius 3 is 1.84 bits per heavy atom. The highest BCUT2D eigenvalue weighted by atomic mass is 15.1. The predicted molar refractivity (Wildman–Crippen MR) is 160 cm³/mol.